The number of ether oxygens (including phenoxy) is 1. The van der Waals surface area contributed by atoms with E-state index in [4.69, 9.17) is 4.74 Å². The van der Waals surface area contributed by atoms with Gasteiger partial charge in [0, 0.05) is 12.2 Å². The average Bonchev–Trinajstić information content (AvgIpc) is 2.77. The zero-order valence-corrected chi connectivity index (χ0v) is 23.8. The molecule has 0 spiro atoms. The molecule has 2 N–H and O–H groups in total. The molecule has 2 aromatic carbocycles. The van der Waals surface area contributed by atoms with Crippen molar-refractivity contribution < 1.29 is 19.1 Å². The first-order valence-corrected chi connectivity index (χ1v) is 13.0. The number of aryl methyl sites for hydroxylation is 3. The van der Waals surface area contributed by atoms with Crippen LogP contribution in [0.25, 0.3) is 0 Å². The number of likely N-dealkylation sites (N-methyl/N-ethyl adjacent to an activating group) is 1. The molecule has 0 radical (unpaired) electrons. The predicted molar refractivity (Wildman–Crippen MR) is 148 cm³/mol. The topological polar surface area (TPSA) is 87.7 Å². The molecule has 2 rings (SSSR count). The van der Waals surface area contributed by atoms with Crippen molar-refractivity contribution in [3.63, 3.8) is 0 Å². The van der Waals surface area contributed by atoms with E-state index in [1.54, 1.807) is 25.7 Å². The maximum absolute atomic E-state index is 14.0. The molecule has 0 saturated carbocycles. The lowest BCUT2D eigenvalue weighted by molar-refractivity contribution is -0.140. The van der Waals surface area contributed by atoms with Gasteiger partial charge >= 0.3 is 6.09 Å². The number of carbonyl (C=O) groups is 3. The number of anilines is 1. The summed E-state index contributed by atoms with van der Waals surface area (Å²) in [6.45, 7) is 17.2. The van der Waals surface area contributed by atoms with Gasteiger partial charge in [0.05, 0.1) is 0 Å². The van der Waals surface area contributed by atoms with E-state index in [1.807, 2.05) is 84.0 Å². The average molecular weight is 510 g/mol. The molecule has 0 saturated heterocycles. The maximum Gasteiger partial charge on any atom is 0.408 e. The molecule has 0 aromatic heterocycles. The zero-order valence-electron chi connectivity index (χ0n) is 23.8. The third-order valence-corrected chi connectivity index (χ3v) is 5.97. The van der Waals surface area contributed by atoms with Crippen LogP contribution in [-0.2, 0) is 14.3 Å². The van der Waals surface area contributed by atoms with Crippen molar-refractivity contribution in [3.05, 3.63) is 64.7 Å². The molecule has 2 unspecified atom stereocenters. The second-order valence-corrected chi connectivity index (χ2v) is 11.0. The van der Waals surface area contributed by atoms with E-state index in [0.717, 1.165) is 22.4 Å². The molecule has 37 heavy (non-hydrogen) atoms. The van der Waals surface area contributed by atoms with E-state index in [9.17, 15) is 14.4 Å². The van der Waals surface area contributed by atoms with Gasteiger partial charge < -0.3 is 20.3 Å². The summed E-state index contributed by atoms with van der Waals surface area (Å²) < 4.78 is 5.43. The van der Waals surface area contributed by atoms with Crippen LogP contribution in [0.2, 0.25) is 0 Å². The monoisotopic (exact) mass is 509 g/mol. The maximum atomic E-state index is 14.0. The van der Waals surface area contributed by atoms with Gasteiger partial charge in [-0.3, -0.25) is 9.59 Å². The minimum Gasteiger partial charge on any atom is -0.444 e. The van der Waals surface area contributed by atoms with Gasteiger partial charge in [-0.05, 0) is 77.5 Å². The number of nitrogens with one attached hydrogen (secondary N) is 2. The molecule has 0 aliphatic carbocycles. The molecule has 0 bridgehead atoms. The molecule has 3 amide bonds. The van der Waals surface area contributed by atoms with Crippen molar-refractivity contribution in [1.82, 2.24) is 10.2 Å². The van der Waals surface area contributed by atoms with E-state index in [-0.39, 0.29) is 24.3 Å². The minimum absolute atomic E-state index is 0.128. The van der Waals surface area contributed by atoms with Gasteiger partial charge in [0.2, 0.25) is 5.91 Å². The number of alkyl carbamates (subject to hydrolysis) is 1. The highest BCUT2D eigenvalue weighted by Crippen LogP contribution is 2.28. The quantitative estimate of drug-likeness (QED) is 0.429. The number of benzene rings is 2. The predicted octanol–water partition coefficient (Wildman–Crippen LogP) is 6.08. The lowest BCUT2D eigenvalue weighted by Gasteiger charge is -2.34. The summed E-state index contributed by atoms with van der Waals surface area (Å²) in [5, 5.41) is 5.83. The van der Waals surface area contributed by atoms with Crippen LogP contribution in [0.5, 0.6) is 0 Å². The number of amides is 3. The summed E-state index contributed by atoms with van der Waals surface area (Å²) in [4.78, 5) is 42.0. The first kappa shape index (κ1) is 29.9. The highest BCUT2D eigenvalue weighted by molar-refractivity contribution is 5.99. The summed E-state index contributed by atoms with van der Waals surface area (Å²) in [5.41, 5.74) is 3.61. The summed E-state index contributed by atoms with van der Waals surface area (Å²) in [7, 11) is 0. The van der Waals surface area contributed by atoms with Gasteiger partial charge in [0.25, 0.3) is 5.91 Å². The van der Waals surface area contributed by atoms with Gasteiger partial charge in [0.1, 0.15) is 17.7 Å². The number of nitrogens with zero attached hydrogens (tertiary/aromatic N) is 1. The van der Waals surface area contributed by atoms with Crippen molar-refractivity contribution in [2.45, 2.75) is 86.4 Å². The Kier molecular flexibility index (Phi) is 10.3. The van der Waals surface area contributed by atoms with E-state index in [1.165, 1.54) is 0 Å². The fourth-order valence-corrected chi connectivity index (χ4v) is 4.32. The standard InChI is InChI=1S/C30H43N3O4/c1-10-33(28(35)24(17-19(2)3)31-29(36)37-30(7,8)9)26(23-16-11-13-20(4)18-23)27(34)32-25-21(5)14-12-15-22(25)6/h11-16,18-19,24,26H,10,17H2,1-9H3,(H,31,36)(H,32,34). The first-order valence-electron chi connectivity index (χ1n) is 13.0. The Morgan fingerprint density at radius 1 is 0.973 bits per heavy atom. The number of rotatable bonds is 9. The SMILES string of the molecule is CCN(C(=O)C(CC(C)C)NC(=O)OC(C)(C)C)C(C(=O)Nc1c(C)cccc1C)c1cccc(C)c1. The normalized spacial score (nSPS) is 13.0. The molecule has 0 aliphatic rings. The summed E-state index contributed by atoms with van der Waals surface area (Å²) >= 11 is 0. The van der Waals surface area contributed by atoms with Gasteiger partial charge in [-0.25, -0.2) is 4.79 Å². The van der Waals surface area contributed by atoms with Gasteiger partial charge in [-0.1, -0.05) is 61.9 Å². The molecule has 0 heterocycles. The molecule has 202 valence electrons. The molecular weight excluding hydrogens is 466 g/mol. The van der Waals surface area contributed by atoms with E-state index in [0.29, 0.717) is 12.0 Å². The van der Waals surface area contributed by atoms with Crippen LogP contribution in [0, 0.1) is 26.7 Å². The summed E-state index contributed by atoms with van der Waals surface area (Å²) in [6.07, 6.45) is -0.247. The second-order valence-electron chi connectivity index (χ2n) is 11.0. The Hall–Kier alpha value is -3.35. The number of hydrogen-bond donors (Lipinski definition) is 2. The van der Waals surface area contributed by atoms with Gasteiger partial charge in [0.15, 0.2) is 0 Å². The molecule has 2 aromatic rings. The van der Waals surface area contributed by atoms with Crippen molar-refractivity contribution in [1.29, 1.82) is 0 Å². The molecular formula is C30H43N3O4. The summed E-state index contributed by atoms with van der Waals surface area (Å²) in [5.74, 6) is -0.507. The van der Waals surface area contributed by atoms with Crippen LogP contribution in [0.4, 0.5) is 10.5 Å². The summed E-state index contributed by atoms with van der Waals surface area (Å²) in [6, 6.07) is 11.7. The Balaban J connectivity index is 2.49. The number of para-hydroxylation sites is 1. The van der Waals surface area contributed by atoms with Crippen LogP contribution in [0.3, 0.4) is 0 Å². The lowest BCUT2D eigenvalue weighted by Crippen LogP contribution is -2.52. The van der Waals surface area contributed by atoms with Crippen molar-refractivity contribution >= 4 is 23.6 Å². The van der Waals surface area contributed by atoms with Crippen LogP contribution < -0.4 is 10.6 Å². The zero-order chi connectivity index (χ0) is 27.9. The Morgan fingerprint density at radius 3 is 2.08 bits per heavy atom. The smallest absolute Gasteiger partial charge is 0.408 e. The van der Waals surface area contributed by atoms with E-state index in [2.05, 4.69) is 10.6 Å². The number of hydrogen-bond acceptors (Lipinski definition) is 4. The van der Waals surface area contributed by atoms with Gasteiger partial charge in [-0.15, -0.1) is 0 Å². The molecule has 0 fully saturated rings. The Bertz CT molecular complexity index is 1080. The highest BCUT2D eigenvalue weighted by atomic mass is 16.6. The minimum atomic E-state index is -0.883. The van der Waals surface area contributed by atoms with Crippen LogP contribution in [-0.4, -0.2) is 41.0 Å². The molecule has 2 atom stereocenters. The first-order chi connectivity index (χ1) is 17.2. The third kappa shape index (κ3) is 8.62. The van der Waals surface area contributed by atoms with Gasteiger partial charge in [-0.2, -0.15) is 0 Å². The van der Waals surface area contributed by atoms with E-state index >= 15 is 0 Å². The van der Waals surface area contributed by atoms with Crippen LogP contribution in [0.15, 0.2) is 42.5 Å². The van der Waals surface area contributed by atoms with Crippen molar-refractivity contribution in [2.75, 3.05) is 11.9 Å². The highest BCUT2D eigenvalue weighted by Gasteiger charge is 2.36. The Morgan fingerprint density at radius 2 is 1.57 bits per heavy atom. The second kappa shape index (κ2) is 12.7. The fraction of sp³-hybridized carbons (Fsp3) is 0.500. The fourth-order valence-electron chi connectivity index (χ4n) is 4.32. The lowest BCUT2D eigenvalue weighted by atomic mass is 9.98. The third-order valence-electron chi connectivity index (χ3n) is 5.97. The largest absolute Gasteiger partial charge is 0.444 e. The van der Waals surface area contributed by atoms with Crippen LogP contribution in [0.1, 0.15) is 76.3 Å². The Labute approximate surface area is 222 Å². The molecule has 0 aliphatic heterocycles. The number of carbonyl (C=O) groups excluding carboxylic acids is 3. The van der Waals surface area contributed by atoms with Crippen molar-refractivity contribution in [3.8, 4) is 0 Å². The molecule has 7 nitrogen and oxygen atoms in total. The van der Waals surface area contributed by atoms with Crippen molar-refractivity contribution in [2.24, 2.45) is 5.92 Å². The van der Waals surface area contributed by atoms with E-state index < -0.39 is 23.8 Å². The molecule has 7 heteroatoms. The van der Waals surface area contributed by atoms with Crippen LogP contribution >= 0.6 is 0 Å².